The molecule has 0 radical (unpaired) electrons. The first kappa shape index (κ1) is 17.3. The van der Waals surface area contributed by atoms with E-state index >= 15 is 0 Å². The molecule has 2 N–H and O–H groups in total. The molecule has 1 aromatic rings. The second-order valence-corrected chi connectivity index (χ2v) is 6.29. The van der Waals surface area contributed by atoms with Crippen molar-refractivity contribution in [3.05, 3.63) is 29.8 Å². The van der Waals surface area contributed by atoms with Gasteiger partial charge in [-0.15, -0.1) is 0 Å². The molecule has 0 aliphatic carbocycles. The lowest BCUT2D eigenvalue weighted by atomic mass is 10.0. The van der Waals surface area contributed by atoms with Crippen molar-refractivity contribution >= 4 is 11.8 Å². The lowest BCUT2D eigenvalue weighted by Gasteiger charge is -2.30. The Bertz CT molecular complexity index is 368. The predicted molar refractivity (Wildman–Crippen MR) is 87.7 cm³/mol. The predicted octanol–water partition coefficient (Wildman–Crippen LogP) is 3.24. The van der Waals surface area contributed by atoms with Gasteiger partial charge in [0.05, 0.1) is 13.2 Å². The Labute approximate surface area is 127 Å². The highest BCUT2D eigenvalue weighted by Gasteiger charge is 2.24. The van der Waals surface area contributed by atoms with E-state index in [9.17, 15) is 5.11 Å². The summed E-state index contributed by atoms with van der Waals surface area (Å²) < 4.78 is 5.40. The molecule has 1 atom stereocenters. The van der Waals surface area contributed by atoms with Gasteiger partial charge in [-0.25, -0.2) is 0 Å². The van der Waals surface area contributed by atoms with Gasteiger partial charge in [0.1, 0.15) is 5.75 Å². The molecule has 1 aromatic carbocycles. The molecule has 0 saturated carbocycles. The fraction of sp³-hybridized carbons (Fsp3) is 0.625. The number of hydrogen-bond donors (Lipinski definition) is 2. The summed E-state index contributed by atoms with van der Waals surface area (Å²) in [6, 6.07) is 7.57. The fourth-order valence-corrected chi connectivity index (χ4v) is 3.07. The Kier molecular flexibility index (Phi) is 7.41. The molecule has 0 aliphatic rings. The summed E-state index contributed by atoms with van der Waals surface area (Å²) in [4.78, 5) is 0. The van der Waals surface area contributed by atoms with Gasteiger partial charge in [-0.1, -0.05) is 26.0 Å². The molecule has 4 heteroatoms. The van der Waals surface area contributed by atoms with E-state index in [-0.39, 0.29) is 4.75 Å². The van der Waals surface area contributed by atoms with Gasteiger partial charge in [0.2, 0.25) is 0 Å². The number of nitrogens with one attached hydrogen (secondary N) is 1. The normalized spacial score (nSPS) is 13.2. The minimum Gasteiger partial charge on any atom is -0.497 e. The van der Waals surface area contributed by atoms with Gasteiger partial charge in [0.15, 0.2) is 0 Å². The summed E-state index contributed by atoms with van der Waals surface area (Å²) in [5.41, 5.74) is 0.918. The number of methoxy groups -OCH3 is 1. The van der Waals surface area contributed by atoms with E-state index in [0.29, 0.717) is 6.54 Å². The number of hydrogen-bond acceptors (Lipinski definition) is 4. The zero-order chi connectivity index (χ0) is 15.0. The lowest BCUT2D eigenvalue weighted by molar-refractivity contribution is 0.173. The van der Waals surface area contributed by atoms with Gasteiger partial charge in [-0.2, -0.15) is 11.8 Å². The average Bonchev–Trinajstić information content (AvgIpc) is 2.52. The maximum atomic E-state index is 10.2. The van der Waals surface area contributed by atoms with E-state index in [1.165, 1.54) is 0 Å². The quantitative estimate of drug-likeness (QED) is 0.734. The van der Waals surface area contributed by atoms with Crippen LogP contribution in [0.2, 0.25) is 0 Å². The highest BCUT2D eigenvalue weighted by atomic mass is 32.2. The third kappa shape index (κ3) is 4.69. The average molecular weight is 297 g/mol. The summed E-state index contributed by atoms with van der Waals surface area (Å²) in [5.74, 6) is 0.812. The molecule has 0 aliphatic heterocycles. The van der Waals surface area contributed by atoms with Crippen molar-refractivity contribution in [3.63, 3.8) is 0 Å². The first-order valence-electron chi connectivity index (χ1n) is 7.18. The second-order valence-electron chi connectivity index (χ2n) is 5.01. The van der Waals surface area contributed by atoms with Crippen molar-refractivity contribution < 1.29 is 9.84 Å². The first-order valence-corrected chi connectivity index (χ1v) is 8.41. The summed E-state index contributed by atoms with van der Waals surface area (Å²) >= 11 is 1.91. The van der Waals surface area contributed by atoms with Crippen molar-refractivity contribution in [1.82, 2.24) is 5.32 Å². The Balaban J connectivity index is 2.48. The van der Waals surface area contributed by atoms with Crippen LogP contribution in [0.25, 0.3) is 0 Å². The van der Waals surface area contributed by atoms with Gasteiger partial charge in [-0.05, 0) is 36.8 Å². The van der Waals surface area contributed by atoms with Gasteiger partial charge in [0.25, 0.3) is 0 Å². The highest BCUT2D eigenvalue weighted by molar-refractivity contribution is 8.00. The molecule has 0 fully saturated rings. The second kappa shape index (κ2) is 8.55. The van der Waals surface area contributed by atoms with E-state index in [2.05, 4.69) is 25.4 Å². The van der Waals surface area contributed by atoms with Gasteiger partial charge >= 0.3 is 0 Å². The number of rotatable bonds is 9. The van der Waals surface area contributed by atoms with E-state index in [1.807, 2.05) is 36.0 Å². The smallest absolute Gasteiger partial charge is 0.118 e. The number of aliphatic hydroxyl groups is 1. The van der Waals surface area contributed by atoms with Gasteiger partial charge in [-0.3, -0.25) is 0 Å². The largest absolute Gasteiger partial charge is 0.497 e. The molecule has 0 spiro atoms. The molecule has 3 nitrogen and oxygen atoms in total. The van der Waals surface area contributed by atoms with E-state index in [0.717, 1.165) is 30.7 Å². The van der Waals surface area contributed by atoms with Crippen LogP contribution in [0.4, 0.5) is 0 Å². The lowest BCUT2D eigenvalue weighted by Crippen LogP contribution is -2.38. The Morgan fingerprint density at radius 3 is 2.30 bits per heavy atom. The molecule has 114 valence electrons. The Morgan fingerprint density at radius 1 is 1.25 bits per heavy atom. The third-order valence-electron chi connectivity index (χ3n) is 4.01. The maximum Gasteiger partial charge on any atom is 0.118 e. The number of thioether (sulfide) groups is 1. The molecule has 0 amide bonds. The monoisotopic (exact) mass is 297 g/mol. The van der Waals surface area contributed by atoms with E-state index < -0.39 is 6.10 Å². The fourth-order valence-electron chi connectivity index (χ4n) is 2.24. The van der Waals surface area contributed by atoms with Crippen LogP contribution in [-0.4, -0.2) is 36.3 Å². The molecule has 0 saturated heterocycles. The minimum absolute atomic E-state index is 0.277. The van der Waals surface area contributed by atoms with Crippen molar-refractivity contribution in [2.45, 2.75) is 37.5 Å². The van der Waals surface area contributed by atoms with Crippen LogP contribution in [0.15, 0.2) is 24.3 Å². The van der Waals surface area contributed by atoms with E-state index in [4.69, 9.17) is 4.74 Å². The van der Waals surface area contributed by atoms with Crippen LogP contribution in [-0.2, 0) is 0 Å². The van der Waals surface area contributed by atoms with Crippen LogP contribution in [0, 0.1) is 0 Å². The minimum atomic E-state index is -0.478. The zero-order valence-corrected chi connectivity index (χ0v) is 13.8. The van der Waals surface area contributed by atoms with Crippen LogP contribution in [0.3, 0.4) is 0 Å². The summed E-state index contributed by atoms with van der Waals surface area (Å²) in [6.45, 7) is 5.95. The first-order chi connectivity index (χ1) is 9.60. The van der Waals surface area contributed by atoms with E-state index in [1.54, 1.807) is 7.11 Å². The van der Waals surface area contributed by atoms with Gasteiger partial charge in [0, 0.05) is 17.8 Å². The van der Waals surface area contributed by atoms with Crippen LogP contribution in [0.1, 0.15) is 38.4 Å². The molecule has 0 bridgehead atoms. The molecular weight excluding hydrogens is 270 g/mol. The number of aliphatic hydroxyl groups excluding tert-OH is 1. The van der Waals surface area contributed by atoms with Crippen LogP contribution >= 0.6 is 11.8 Å². The van der Waals surface area contributed by atoms with Crippen LogP contribution in [0.5, 0.6) is 5.75 Å². The van der Waals surface area contributed by atoms with Crippen molar-refractivity contribution in [2.24, 2.45) is 0 Å². The topological polar surface area (TPSA) is 41.5 Å². The molecule has 1 rings (SSSR count). The molecule has 0 aromatic heterocycles. The Hall–Kier alpha value is -0.710. The van der Waals surface area contributed by atoms with Crippen molar-refractivity contribution in [2.75, 3.05) is 26.5 Å². The zero-order valence-electron chi connectivity index (χ0n) is 13.0. The molecule has 1 unspecified atom stereocenters. The molecular formula is C16H27NO2S. The summed E-state index contributed by atoms with van der Waals surface area (Å²) in [6.07, 6.45) is 3.95. The third-order valence-corrected chi connectivity index (χ3v) is 5.59. The molecule has 0 heterocycles. The number of ether oxygens (including phenoxy) is 1. The van der Waals surface area contributed by atoms with Crippen LogP contribution < -0.4 is 10.1 Å². The van der Waals surface area contributed by atoms with Crippen molar-refractivity contribution in [3.8, 4) is 5.75 Å². The Morgan fingerprint density at radius 2 is 1.85 bits per heavy atom. The van der Waals surface area contributed by atoms with Gasteiger partial charge < -0.3 is 15.2 Å². The van der Waals surface area contributed by atoms with Crippen molar-refractivity contribution in [1.29, 1.82) is 0 Å². The molecule has 20 heavy (non-hydrogen) atoms. The SMILES string of the molecule is CCC(CC)(CNCC(O)c1ccc(OC)cc1)SC. The maximum absolute atomic E-state index is 10.2. The highest BCUT2D eigenvalue weighted by Crippen LogP contribution is 2.29. The number of benzene rings is 1. The summed E-state index contributed by atoms with van der Waals surface area (Å²) in [5, 5.41) is 13.6. The summed E-state index contributed by atoms with van der Waals surface area (Å²) in [7, 11) is 1.64. The standard InChI is InChI=1S/C16H27NO2S/c1-5-16(6-2,20-4)12-17-11-15(18)13-7-9-14(19-3)10-8-13/h7-10,15,17-18H,5-6,11-12H2,1-4H3.